The Balaban J connectivity index is 2.57. The molecule has 0 aromatic carbocycles. The summed E-state index contributed by atoms with van der Waals surface area (Å²) in [6.07, 6.45) is 2.42. The van der Waals surface area contributed by atoms with E-state index in [2.05, 4.69) is 24.1 Å². The maximum absolute atomic E-state index is 11.6. The van der Waals surface area contributed by atoms with Crippen LogP contribution >= 0.6 is 11.3 Å². The van der Waals surface area contributed by atoms with E-state index in [1.807, 2.05) is 6.92 Å². The Morgan fingerprint density at radius 3 is 2.76 bits per heavy atom. The van der Waals surface area contributed by atoms with Gasteiger partial charge in [0, 0.05) is 23.7 Å². The zero-order valence-corrected chi connectivity index (χ0v) is 12.2. The molecular weight excluding hydrogens is 256 g/mol. The molecule has 0 saturated heterocycles. The fourth-order valence-electron chi connectivity index (χ4n) is 1.37. The van der Waals surface area contributed by atoms with Gasteiger partial charge in [-0.3, -0.25) is 0 Å². The van der Waals surface area contributed by atoms with Crippen LogP contribution in [0.1, 0.15) is 37.1 Å². The molecule has 6 heteroatoms. The molecule has 1 rings (SSSR count). The molecule has 0 atom stereocenters. The molecular formula is C11H20N2O2S2. The number of rotatable bonds is 7. The van der Waals surface area contributed by atoms with E-state index in [9.17, 15) is 8.42 Å². The molecule has 1 aromatic heterocycles. The smallest absolute Gasteiger partial charge is 0.156 e. The van der Waals surface area contributed by atoms with E-state index in [4.69, 9.17) is 0 Å². The van der Waals surface area contributed by atoms with Gasteiger partial charge in [-0.25, -0.2) is 13.4 Å². The molecule has 0 saturated carbocycles. The summed E-state index contributed by atoms with van der Waals surface area (Å²) in [6.45, 7) is 6.78. The Bertz CT molecular complexity index is 438. The number of hydrogen-bond donors (Lipinski definition) is 1. The molecule has 0 bridgehead atoms. The molecule has 1 heterocycles. The van der Waals surface area contributed by atoms with Crippen LogP contribution in [-0.4, -0.2) is 25.2 Å². The molecule has 4 nitrogen and oxygen atoms in total. The van der Waals surface area contributed by atoms with Crippen LogP contribution in [0.2, 0.25) is 0 Å². The third kappa shape index (κ3) is 5.61. The highest BCUT2D eigenvalue weighted by Crippen LogP contribution is 2.16. The molecule has 0 aliphatic rings. The molecule has 0 fully saturated rings. The van der Waals surface area contributed by atoms with Gasteiger partial charge in [-0.15, -0.1) is 11.3 Å². The molecule has 0 radical (unpaired) electrons. The van der Waals surface area contributed by atoms with Crippen LogP contribution in [0.5, 0.6) is 0 Å². The number of hydrogen-bond acceptors (Lipinski definition) is 5. The lowest BCUT2D eigenvalue weighted by Gasteiger charge is -2.04. The average molecular weight is 276 g/mol. The Morgan fingerprint density at radius 2 is 2.18 bits per heavy atom. The third-order valence-corrected chi connectivity index (χ3v) is 5.07. The lowest BCUT2D eigenvalue weighted by Crippen LogP contribution is -2.21. The van der Waals surface area contributed by atoms with E-state index in [1.54, 1.807) is 6.20 Å². The van der Waals surface area contributed by atoms with Crippen LogP contribution in [0.25, 0.3) is 0 Å². The van der Waals surface area contributed by atoms with Crippen LogP contribution in [0.3, 0.4) is 0 Å². The molecule has 0 spiro atoms. The number of nitrogens with zero attached hydrogens (tertiary/aromatic N) is 1. The van der Waals surface area contributed by atoms with Crippen molar-refractivity contribution >= 4 is 21.2 Å². The summed E-state index contributed by atoms with van der Waals surface area (Å²) in [5, 5.41) is 3.98. The van der Waals surface area contributed by atoms with E-state index in [0.717, 1.165) is 11.4 Å². The molecule has 98 valence electrons. The summed E-state index contributed by atoms with van der Waals surface area (Å²) >= 11 is 1.47. The monoisotopic (exact) mass is 276 g/mol. The largest absolute Gasteiger partial charge is 0.310 e. The second kappa shape index (κ2) is 6.47. The lowest BCUT2D eigenvalue weighted by atomic mass is 10.4. The molecule has 17 heavy (non-hydrogen) atoms. The zero-order valence-electron chi connectivity index (χ0n) is 10.6. The Kier molecular flexibility index (Phi) is 5.55. The van der Waals surface area contributed by atoms with Gasteiger partial charge in [0.25, 0.3) is 0 Å². The second-order valence-corrected chi connectivity index (χ2v) is 7.73. The summed E-state index contributed by atoms with van der Waals surface area (Å²) in [5.74, 6) is 0.319. The summed E-state index contributed by atoms with van der Waals surface area (Å²) in [7, 11) is -2.98. The maximum Gasteiger partial charge on any atom is 0.156 e. The minimum atomic E-state index is -2.98. The number of sulfone groups is 1. The molecule has 0 aliphatic carbocycles. The van der Waals surface area contributed by atoms with Gasteiger partial charge in [0.2, 0.25) is 0 Å². The molecule has 0 amide bonds. The fourth-order valence-corrected chi connectivity index (χ4v) is 4.03. The SMILES string of the molecule is CCCS(=O)(=O)Cc1ncc(CNC(C)C)s1. The highest BCUT2D eigenvalue weighted by molar-refractivity contribution is 7.90. The molecule has 0 unspecified atom stereocenters. The Hall–Kier alpha value is -0.460. The van der Waals surface area contributed by atoms with Crippen molar-refractivity contribution in [2.45, 2.75) is 45.5 Å². The van der Waals surface area contributed by atoms with Crippen LogP contribution in [0, 0.1) is 0 Å². The fraction of sp³-hybridized carbons (Fsp3) is 0.727. The topological polar surface area (TPSA) is 59.1 Å². The van der Waals surface area contributed by atoms with Gasteiger partial charge in [0.05, 0.1) is 5.75 Å². The van der Waals surface area contributed by atoms with Crippen molar-refractivity contribution in [3.05, 3.63) is 16.1 Å². The van der Waals surface area contributed by atoms with Gasteiger partial charge in [-0.1, -0.05) is 20.8 Å². The van der Waals surface area contributed by atoms with Crippen LogP contribution in [0.15, 0.2) is 6.20 Å². The minimum Gasteiger partial charge on any atom is -0.310 e. The summed E-state index contributed by atoms with van der Waals surface area (Å²) in [5.41, 5.74) is 0. The summed E-state index contributed by atoms with van der Waals surface area (Å²) < 4.78 is 23.3. The van der Waals surface area contributed by atoms with Crippen LogP contribution in [-0.2, 0) is 22.1 Å². The van der Waals surface area contributed by atoms with Crippen molar-refractivity contribution in [3.8, 4) is 0 Å². The maximum atomic E-state index is 11.6. The average Bonchev–Trinajstić information content (AvgIpc) is 2.61. The first-order chi connectivity index (χ1) is 7.93. The van der Waals surface area contributed by atoms with Gasteiger partial charge in [0.1, 0.15) is 10.8 Å². The number of aromatic nitrogens is 1. The van der Waals surface area contributed by atoms with Gasteiger partial charge < -0.3 is 5.32 Å². The number of thiazole rings is 1. The highest BCUT2D eigenvalue weighted by atomic mass is 32.2. The van der Waals surface area contributed by atoms with Gasteiger partial charge >= 0.3 is 0 Å². The minimum absolute atomic E-state index is 0.0766. The highest BCUT2D eigenvalue weighted by Gasteiger charge is 2.13. The van der Waals surface area contributed by atoms with Crippen molar-refractivity contribution < 1.29 is 8.42 Å². The van der Waals surface area contributed by atoms with Gasteiger partial charge in [0.15, 0.2) is 9.84 Å². The van der Waals surface area contributed by atoms with Crippen molar-refractivity contribution in [1.82, 2.24) is 10.3 Å². The first-order valence-electron chi connectivity index (χ1n) is 5.80. The van der Waals surface area contributed by atoms with Crippen LogP contribution in [0.4, 0.5) is 0 Å². The van der Waals surface area contributed by atoms with E-state index in [-0.39, 0.29) is 11.5 Å². The predicted molar refractivity (Wildman–Crippen MR) is 71.9 cm³/mol. The lowest BCUT2D eigenvalue weighted by molar-refractivity contribution is 0.593. The predicted octanol–water partition coefficient (Wildman–Crippen LogP) is 1.97. The van der Waals surface area contributed by atoms with Crippen molar-refractivity contribution in [3.63, 3.8) is 0 Å². The standard InChI is InChI=1S/C11H20N2O2S2/c1-4-5-17(14,15)8-11-13-7-10(16-11)6-12-9(2)3/h7,9,12H,4-6,8H2,1-3H3. The van der Waals surface area contributed by atoms with Crippen molar-refractivity contribution in [1.29, 1.82) is 0 Å². The zero-order chi connectivity index (χ0) is 12.9. The van der Waals surface area contributed by atoms with E-state index < -0.39 is 9.84 Å². The van der Waals surface area contributed by atoms with Gasteiger partial charge in [-0.2, -0.15) is 0 Å². The van der Waals surface area contributed by atoms with Crippen molar-refractivity contribution in [2.24, 2.45) is 0 Å². The molecule has 0 aliphatic heterocycles. The first-order valence-corrected chi connectivity index (χ1v) is 8.44. The summed E-state index contributed by atoms with van der Waals surface area (Å²) in [4.78, 5) is 5.24. The number of nitrogens with one attached hydrogen (secondary N) is 1. The first kappa shape index (κ1) is 14.6. The third-order valence-electron chi connectivity index (χ3n) is 2.14. The Morgan fingerprint density at radius 1 is 1.47 bits per heavy atom. The molecule has 1 aromatic rings. The Labute approximate surface area is 107 Å². The summed E-state index contributed by atoms with van der Waals surface area (Å²) in [6, 6.07) is 0.421. The second-order valence-electron chi connectivity index (χ2n) is 4.35. The van der Waals surface area contributed by atoms with E-state index in [0.29, 0.717) is 17.5 Å². The van der Waals surface area contributed by atoms with E-state index in [1.165, 1.54) is 11.3 Å². The van der Waals surface area contributed by atoms with Crippen LogP contribution < -0.4 is 5.32 Å². The normalized spacial score (nSPS) is 12.2. The quantitative estimate of drug-likeness (QED) is 0.827. The van der Waals surface area contributed by atoms with Gasteiger partial charge in [-0.05, 0) is 6.42 Å². The van der Waals surface area contributed by atoms with Crippen molar-refractivity contribution in [2.75, 3.05) is 5.75 Å². The molecule has 1 N–H and O–H groups in total. The van der Waals surface area contributed by atoms with E-state index >= 15 is 0 Å².